The number of aliphatic hydroxyl groups is 2. The van der Waals surface area contributed by atoms with Gasteiger partial charge >= 0.3 is 29.0 Å². The van der Waals surface area contributed by atoms with Gasteiger partial charge in [0.15, 0.2) is 12.2 Å². The van der Waals surface area contributed by atoms with Crippen molar-refractivity contribution in [3.63, 3.8) is 0 Å². The fraction of sp³-hybridized carbons (Fsp3) is 0.333. The Labute approximate surface area is 161 Å². The van der Waals surface area contributed by atoms with Crippen LogP contribution in [0.1, 0.15) is 6.92 Å². The summed E-state index contributed by atoms with van der Waals surface area (Å²) in [6.45, 7) is 2.10. The van der Waals surface area contributed by atoms with Crippen molar-refractivity contribution in [3.8, 4) is 0 Å². The topological polar surface area (TPSA) is 118 Å². The quantitative estimate of drug-likeness (QED) is 0.284. The van der Waals surface area contributed by atoms with E-state index >= 15 is 0 Å². The number of carbonyl (C=O) groups is 2. The van der Waals surface area contributed by atoms with Gasteiger partial charge in [-0.2, -0.15) is 0 Å². The summed E-state index contributed by atoms with van der Waals surface area (Å²) in [7, 11) is 4.05. The van der Waals surface area contributed by atoms with E-state index in [4.69, 9.17) is 20.4 Å². The Hall–Kier alpha value is -2.50. The Kier molecular flexibility index (Phi) is 13.6. The Morgan fingerprint density at radius 3 is 1.77 bits per heavy atom. The van der Waals surface area contributed by atoms with Crippen LogP contribution in [0, 0.1) is 18.2 Å². The summed E-state index contributed by atoms with van der Waals surface area (Å²) in [5.41, 5.74) is 16.9. The predicted octanol–water partition coefficient (Wildman–Crippen LogP) is -0.352. The Bertz CT molecular complexity index is 742. The van der Waals surface area contributed by atoms with Gasteiger partial charge in [0.05, 0.1) is 0 Å². The summed E-state index contributed by atoms with van der Waals surface area (Å²) < 4.78 is 0. The zero-order valence-corrected chi connectivity index (χ0v) is 15.2. The minimum Gasteiger partial charge on any atom is -0.479 e. The van der Waals surface area contributed by atoms with Gasteiger partial charge < -0.3 is 25.3 Å². The van der Waals surface area contributed by atoms with Crippen molar-refractivity contribution in [2.24, 2.45) is 0 Å². The fourth-order valence-corrected chi connectivity index (χ4v) is 1.12. The molecule has 26 heavy (non-hydrogen) atoms. The van der Waals surface area contributed by atoms with Crippen LogP contribution in [-0.2, 0) is 26.7 Å². The largest absolute Gasteiger partial charge is 2.00 e. The molecule has 0 saturated carbocycles. The van der Waals surface area contributed by atoms with Gasteiger partial charge in [-0.25, -0.2) is 21.1 Å². The van der Waals surface area contributed by atoms with Crippen LogP contribution in [0.5, 0.6) is 0 Å². The fourth-order valence-electron chi connectivity index (χ4n) is 1.12. The van der Waals surface area contributed by atoms with Crippen molar-refractivity contribution >= 4 is 11.9 Å². The van der Waals surface area contributed by atoms with Crippen LogP contribution < -0.4 is 0 Å². The molecule has 0 amide bonds. The minimum atomic E-state index is -2.27. The normalized spacial score (nSPS) is 14.6. The average molecular weight is 398 g/mol. The summed E-state index contributed by atoms with van der Waals surface area (Å²) in [6.07, 6.45) is 3.41. The second-order valence-corrected chi connectivity index (χ2v) is 4.74. The van der Waals surface area contributed by atoms with E-state index in [0.29, 0.717) is 6.04 Å². The number of aliphatic carboxylic acids is 2. The number of nitrogens with zero attached hydrogens (tertiary/aromatic N) is 1. The molecule has 3 atom stereocenters. The van der Waals surface area contributed by atoms with Crippen molar-refractivity contribution in [2.45, 2.75) is 25.2 Å². The molecular formula is C18H16FeNO6. The second-order valence-electron chi connectivity index (χ2n) is 4.74. The van der Waals surface area contributed by atoms with E-state index in [2.05, 4.69) is 64.4 Å². The third-order valence-corrected chi connectivity index (χ3v) is 2.77. The monoisotopic (exact) mass is 398 g/mol. The average Bonchev–Trinajstić information content (AvgIpc) is 3.28. The van der Waals surface area contributed by atoms with Crippen LogP contribution in [-0.4, -0.2) is 69.6 Å². The van der Waals surface area contributed by atoms with Gasteiger partial charge in [-0.1, -0.05) is 0 Å². The van der Waals surface area contributed by atoms with Crippen molar-refractivity contribution < 1.29 is 47.1 Å². The third-order valence-electron chi connectivity index (χ3n) is 2.77. The number of hydrogen-bond donors (Lipinski definition) is 4. The first-order chi connectivity index (χ1) is 11.7. The van der Waals surface area contributed by atoms with Crippen molar-refractivity contribution in [1.29, 1.82) is 0 Å². The smallest absolute Gasteiger partial charge is 0.479 e. The summed E-state index contributed by atoms with van der Waals surface area (Å²) in [4.78, 5) is 21.6. The van der Waals surface area contributed by atoms with Crippen molar-refractivity contribution in [3.05, 3.63) is 58.2 Å². The van der Waals surface area contributed by atoms with E-state index in [0.717, 1.165) is 5.57 Å². The van der Waals surface area contributed by atoms with Gasteiger partial charge in [0.2, 0.25) is 0 Å². The molecule has 2 aliphatic rings. The predicted molar refractivity (Wildman–Crippen MR) is 84.8 cm³/mol. The molecule has 0 heterocycles. The Morgan fingerprint density at radius 2 is 1.54 bits per heavy atom. The summed E-state index contributed by atoms with van der Waals surface area (Å²) in [5, 5.41) is 32.5. The van der Waals surface area contributed by atoms with Crippen LogP contribution in [0.3, 0.4) is 0 Å². The zero-order chi connectivity index (χ0) is 19.4. The van der Waals surface area contributed by atoms with Gasteiger partial charge in [0.1, 0.15) is 0 Å². The molecule has 0 fully saturated rings. The van der Waals surface area contributed by atoms with E-state index in [1.807, 2.05) is 14.1 Å². The molecule has 2 aliphatic carbocycles. The van der Waals surface area contributed by atoms with E-state index in [-0.39, 0.29) is 17.1 Å². The molecular weight excluding hydrogens is 382 g/mol. The first-order valence-electron chi connectivity index (χ1n) is 6.80. The van der Waals surface area contributed by atoms with E-state index in [9.17, 15) is 9.59 Å². The number of carboxylic acids is 2. The molecule has 137 valence electrons. The maximum Gasteiger partial charge on any atom is 2.00 e. The number of hydrogen-bond acceptors (Lipinski definition) is 5. The summed E-state index contributed by atoms with van der Waals surface area (Å²) in [6, 6.07) is 0.363. The summed E-state index contributed by atoms with van der Waals surface area (Å²) in [5.74, 6) is -3.54. The third kappa shape index (κ3) is 10.4. The molecule has 0 aromatic rings. The summed E-state index contributed by atoms with van der Waals surface area (Å²) >= 11 is 0. The second kappa shape index (κ2) is 13.8. The molecule has 0 bridgehead atoms. The molecule has 8 heteroatoms. The van der Waals surface area contributed by atoms with Gasteiger partial charge in [0.25, 0.3) is 0 Å². The van der Waals surface area contributed by atoms with Gasteiger partial charge in [-0.15, -0.1) is 23.8 Å². The number of aliphatic hydroxyl groups excluding tert-OH is 2. The van der Waals surface area contributed by atoms with Gasteiger partial charge in [-0.3, -0.25) is 22.9 Å². The molecule has 7 nitrogen and oxygen atoms in total. The molecule has 4 N–H and O–H groups in total. The molecule has 0 aliphatic heterocycles. The zero-order valence-electron chi connectivity index (χ0n) is 14.1. The van der Waals surface area contributed by atoms with Gasteiger partial charge in [0, 0.05) is 6.04 Å². The molecule has 0 aromatic carbocycles. The number of allylic oxidation sites excluding steroid dienone is 2. The molecule has 0 unspecified atom stereocenters. The first kappa shape index (κ1) is 25.7. The number of rotatable bonds is 5. The molecule has 1 radical (unpaired) electrons. The van der Waals surface area contributed by atoms with Crippen molar-refractivity contribution in [1.82, 2.24) is 4.90 Å². The SMILES string of the molecule is C[C@@H](C1=C=C=C=[C-]1)N(C)C.O=C(O)[C@H](O)[C@@H](O)C(=O)O.[C]1=C=C=C=[C-]1.[Fe+2]. The molecule has 2 rings (SSSR count). The van der Waals surface area contributed by atoms with Crippen LogP contribution in [0.15, 0.2) is 40.0 Å². The Balaban J connectivity index is 0. The maximum atomic E-state index is 9.77. The molecule has 0 spiro atoms. The number of likely N-dealkylation sites (N-methyl/N-ethyl adjacent to an activating group) is 1. The van der Waals surface area contributed by atoms with Crippen LogP contribution in [0.4, 0.5) is 0 Å². The minimum absolute atomic E-state index is 0. The van der Waals surface area contributed by atoms with Gasteiger partial charge in [-0.05, 0) is 21.0 Å². The number of carboxylic acid groups (broad SMARTS) is 2. The van der Waals surface area contributed by atoms with E-state index in [1.165, 1.54) is 0 Å². The van der Waals surface area contributed by atoms with Crippen LogP contribution in [0.2, 0.25) is 0 Å². The van der Waals surface area contributed by atoms with Crippen LogP contribution in [0.25, 0.3) is 0 Å². The van der Waals surface area contributed by atoms with E-state index in [1.54, 1.807) is 0 Å². The maximum absolute atomic E-state index is 9.77. The van der Waals surface area contributed by atoms with E-state index < -0.39 is 24.1 Å². The van der Waals surface area contributed by atoms with Crippen LogP contribution >= 0.6 is 0 Å². The van der Waals surface area contributed by atoms with Crippen molar-refractivity contribution in [2.75, 3.05) is 14.1 Å². The molecule has 0 saturated heterocycles. The standard InChI is InChI=1S/C9H10N.C5.C4H6O6.Fe/c1-8(10(2)3)9-6-4-5-7-9;1-2-4-5-3-1;5-1(3(7)8)2(6)4(9)10;/h8H,1-3H3;;1-2,5-6H,(H,7,8)(H,9,10);/q2*-1;;+2/t8-;;1-,2-;/m0.1./s1. The molecule has 0 aromatic heterocycles. The Morgan fingerprint density at radius 1 is 1.00 bits per heavy atom. The first-order valence-corrected chi connectivity index (χ1v) is 6.80.